The van der Waals surface area contributed by atoms with E-state index in [1.165, 1.54) is 91.1 Å². The topological polar surface area (TPSA) is 273 Å². The molecule has 600 valence electrons. The number of carbonyl (C=O) groups is 5. The number of nitrogens with zero attached hydrogens (tertiary/aromatic N) is 5. The molecule has 1 unspecified atom stereocenters. The predicted octanol–water partition coefficient (Wildman–Crippen LogP) is 17.7. The number of fused-ring (bicyclic) bond motifs is 4. The number of piperidine rings is 1. The Bertz CT molecular complexity index is 6060. The molecule has 8 aromatic carbocycles. The third-order valence-corrected chi connectivity index (χ3v) is 20.3. The van der Waals surface area contributed by atoms with Crippen LogP contribution in [0.4, 0.5) is 75.4 Å². The van der Waals surface area contributed by atoms with E-state index in [1.807, 2.05) is 17.5 Å². The fourth-order valence-electron chi connectivity index (χ4n) is 12.7. The molecule has 0 spiro atoms. The average Bonchev–Trinajstić information content (AvgIpc) is 1.64. The van der Waals surface area contributed by atoms with Crippen LogP contribution >= 0.6 is 11.3 Å². The van der Waals surface area contributed by atoms with E-state index in [2.05, 4.69) is 67.4 Å². The molecular formula is C84H68F12N14O6S. The Morgan fingerprint density at radius 3 is 1.12 bits per heavy atom. The monoisotopic (exact) mass is 1630 g/mol. The molecule has 0 radical (unpaired) electrons. The number of aromatic amines is 4. The van der Waals surface area contributed by atoms with Crippen molar-refractivity contribution in [3.63, 3.8) is 0 Å². The number of halogens is 12. The molecule has 1 atom stereocenters. The van der Waals surface area contributed by atoms with E-state index in [1.54, 1.807) is 60.6 Å². The van der Waals surface area contributed by atoms with E-state index in [4.69, 9.17) is 4.74 Å². The Labute approximate surface area is 661 Å². The summed E-state index contributed by atoms with van der Waals surface area (Å²) in [6, 6.07) is 28.8. The van der Waals surface area contributed by atoms with Crippen LogP contribution in [-0.4, -0.2) is 114 Å². The molecule has 1 saturated carbocycles. The Kier molecular flexibility index (Phi) is 25.2. The molecule has 7 heterocycles. The normalized spacial score (nSPS) is 14.6. The average molecular weight is 1630 g/mol. The van der Waals surface area contributed by atoms with Gasteiger partial charge in [-0.3, -0.25) is 44.4 Å². The molecule has 5 amide bonds. The summed E-state index contributed by atoms with van der Waals surface area (Å²) in [6.45, 7) is 3.32. The van der Waals surface area contributed by atoms with Gasteiger partial charge in [-0.25, -0.2) is 52.7 Å². The highest BCUT2D eigenvalue weighted by atomic mass is 32.1. The van der Waals surface area contributed by atoms with Gasteiger partial charge in [-0.2, -0.15) is 20.4 Å². The number of likely N-dealkylation sites (tertiary alicyclic amines) is 1. The lowest BCUT2D eigenvalue weighted by atomic mass is 9.95. The Balaban J connectivity index is 0.000000136. The lowest BCUT2D eigenvalue weighted by Gasteiger charge is -2.30. The van der Waals surface area contributed by atoms with Crippen molar-refractivity contribution in [1.82, 2.24) is 51.0 Å². The lowest BCUT2D eigenvalue weighted by Crippen LogP contribution is -2.40. The molecule has 3 aliphatic rings. The third kappa shape index (κ3) is 19.9. The summed E-state index contributed by atoms with van der Waals surface area (Å²) < 4.78 is 168. The van der Waals surface area contributed by atoms with E-state index in [9.17, 15) is 76.7 Å². The highest BCUT2D eigenvalue weighted by Crippen LogP contribution is 2.38. The van der Waals surface area contributed by atoms with Gasteiger partial charge in [-0.05, 0) is 170 Å². The van der Waals surface area contributed by atoms with Gasteiger partial charge >= 0.3 is 0 Å². The Hall–Kier alpha value is -13.3. The number of ether oxygens (including phenoxy) is 1. The fourth-order valence-corrected chi connectivity index (χ4v) is 13.4. The van der Waals surface area contributed by atoms with E-state index in [0.29, 0.717) is 147 Å². The van der Waals surface area contributed by atoms with Crippen LogP contribution in [0.5, 0.6) is 0 Å². The second-order valence-corrected chi connectivity index (χ2v) is 28.4. The molecule has 3 fully saturated rings. The van der Waals surface area contributed by atoms with Gasteiger partial charge in [0.25, 0.3) is 0 Å². The zero-order valence-corrected chi connectivity index (χ0v) is 62.6. The van der Waals surface area contributed by atoms with E-state index >= 15 is 0 Å². The molecule has 5 aromatic heterocycles. The minimum Gasteiger partial charge on any atom is -0.381 e. The van der Waals surface area contributed by atoms with Crippen molar-refractivity contribution in [2.24, 2.45) is 11.8 Å². The van der Waals surface area contributed by atoms with Gasteiger partial charge in [0.05, 0.1) is 92.1 Å². The molecule has 13 aromatic rings. The number of rotatable bonds is 18. The molecule has 16 rings (SSSR count). The standard InChI is InChI=1S/C23H21F3N4O2.C21H14F3N3OS.C20H17F3N4O.C20H16F3N3O2/c1-13(31)30-8-6-15(7-9-30)23(32)27-22-11-16-20(28-29-21(16)12-19(22)26)5-3-14-2-4-17(24)18(25)10-14;22-15-5-3-12(8-16(15)23)4-6-18-14-10-20(17(24)11-19(14)27-26-18)25-21(28)9-13-2-1-7-29-13;1-24-20(6-7-20)19(28)25-18-9-12-16(26-27-17(12)10-15(18)23)5-3-11-2-4-13(21)14(22)8-11;21-14-3-1-11(7-15(14)22)2-4-17-13-8-19(16(23)9-18(13)26-25-17)24-20(27)12-5-6-28-10-12/h2-5,10-12,15H,6-9H2,1H3,(H,27,32)(H,28,29);1-8,10-11H,9H2,(H,25,28)(H,26,27);2-5,8-10,24H,6-7H2,1H3,(H,25,28)(H,26,27);1-4,7-9,12H,5-6,10H2,(H,24,27)(H,25,26)/b5-3+;6-4+;5-3+;4-2+. The van der Waals surface area contributed by atoms with Crippen LogP contribution in [0.1, 0.15) is 88.9 Å². The van der Waals surface area contributed by atoms with Crippen molar-refractivity contribution in [1.29, 1.82) is 0 Å². The van der Waals surface area contributed by atoms with Crippen LogP contribution in [0, 0.1) is 81.6 Å². The van der Waals surface area contributed by atoms with Gasteiger partial charge < -0.3 is 36.2 Å². The highest BCUT2D eigenvalue weighted by Gasteiger charge is 2.48. The van der Waals surface area contributed by atoms with Crippen LogP contribution < -0.4 is 26.6 Å². The van der Waals surface area contributed by atoms with Crippen molar-refractivity contribution in [3.8, 4) is 0 Å². The van der Waals surface area contributed by atoms with Gasteiger partial charge in [0.15, 0.2) is 46.5 Å². The summed E-state index contributed by atoms with van der Waals surface area (Å²) in [7, 11) is 1.70. The van der Waals surface area contributed by atoms with Gasteiger partial charge in [0.1, 0.15) is 23.3 Å². The number of carbonyl (C=O) groups excluding carboxylic acids is 5. The van der Waals surface area contributed by atoms with Gasteiger partial charge in [-0.1, -0.05) is 54.6 Å². The molecule has 0 bridgehead atoms. The number of likely N-dealkylation sites (N-methyl/N-ethyl adjacent to an activating group) is 1. The molecule has 117 heavy (non-hydrogen) atoms. The first-order valence-corrected chi connectivity index (χ1v) is 37.1. The van der Waals surface area contributed by atoms with Gasteiger partial charge in [-0.15, -0.1) is 11.3 Å². The van der Waals surface area contributed by atoms with Crippen LogP contribution in [0.25, 0.3) is 92.2 Å². The molecule has 2 aliphatic heterocycles. The predicted molar refractivity (Wildman–Crippen MR) is 423 cm³/mol. The SMILES string of the molecule is CC(=O)N1CCC(C(=O)Nc2cc3c(/C=C/c4ccc(F)c(F)c4)n[nH]c3cc2F)CC1.CNC1(C(=O)Nc2cc3c(/C=C/c4ccc(F)c(F)c4)n[nH]c3cc2F)CC1.O=C(Cc1cccs1)Nc1cc2c(/C=C/c3ccc(F)c(F)c3)n[nH]c2cc1F.O=C(Nc1cc2c(/C=C/c3ccc(F)c(F)c3)n[nH]c2cc1F)C1CCOC1. The maximum Gasteiger partial charge on any atom is 0.244 e. The third-order valence-electron chi connectivity index (χ3n) is 19.5. The molecule has 9 N–H and O–H groups in total. The second kappa shape index (κ2) is 36.0. The van der Waals surface area contributed by atoms with Crippen LogP contribution in [0.3, 0.4) is 0 Å². The Morgan fingerprint density at radius 2 is 0.803 bits per heavy atom. The number of amides is 5. The lowest BCUT2D eigenvalue weighted by molar-refractivity contribution is -0.132. The van der Waals surface area contributed by atoms with Crippen LogP contribution in [0.2, 0.25) is 0 Å². The first kappa shape index (κ1) is 81.7. The summed E-state index contributed by atoms with van der Waals surface area (Å²) in [6.07, 6.45) is 15.8. The molecular weight excluding hydrogens is 1560 g/mol. The highest BCUT2D eigenvalue weighted by molar-refractivity contribution is 7.10. The first-order chi connectivity index (χ1) is 56.2. The van der Waals surface area contributed by atoms with Crippen molar-refractivity contribution >= 4 is 156 Å². The number of nitrogens with one attached hydrogen (secondary N) is 9. The minimum atomic E-state index is -0.958. The van der Waals surface area contributed by atoms with E-state index in [-0.39, 0.29) is 70.5 Å². The Morgan fingerprint density at radius 1 is 0.444 bits per heavy atom. The number of aromatic nitrogens is 8. The van der Waals surface area contributed by atoms with Crippen LogP contribution in [-0.2, 0) is 35.1 Å². The van der Waals surface area contributed by atoms with Crippen molar-refractivity contribution in [2.45, 2.75) is 51.0 Å². The largest absolute Gasteiger partial charge is 0.381 e. The molecule has 2 saturated heterocycles. The summed E-state index contributed by atoms with van der Waals surface area (Å²) in [5, 5.41) is 44.9. The zero-order valence-electron chi connectivity index (χ0n) is 61.8. The van der Waals surface area contributed by atoms with Crippen LogP contribution in [0.15, 0.2) is 139 Å². The first-order valence-electron chi connectivity index (χ1n) is 36.2. The van der Waals surface area contributed by atoms with Gasteiger partial charge in [0, 0.05) is 83.2 Å². The maximum absolute atomic E-state index is 14.5. The zero-order chi connectivity index (χ0) is 82.8. The summed E-state index contributed by atoms with van der Waals surface area (Å²) >= 11 is 1.45. The van der Waals surface area contributed by atoms with Gasteiger partial charge in [0.2, 0.25) is 29.5 Å². The quantitative estimate of drug-likeness (QED) is 0.0364. The van der Waals surface area contributed by atoms with Crippen molar-refractivity contribution < 1.29 is 81.4 Å². The number of hydrogen-bond donors (Lipinski definition) is 9. The number of hydrogen-bond acceptors (Lipinski definition) is 12. The second-order valence-electron chi connectivity index (χ2n) is 27.4. The summed E-state index contributed by atoms with van der Waals surface area (Å²) in [5.74, 6) is -11.7. The minimum absolute atomic E-state index is 0.0238. The number of thiophene rings is 1. The summed E-state index contributed by atoms with van der Waals surface area (Å²) in [4.78, 5) is 63.4. The number of H-pyrrole nitrogens is 4. The fraction of sp³-hybridized carbons (Fsp3) is 0.179. The van der Waals surface area contributed by atoms with Crippen molar-refractivity contribution in [3.05, 3.63) is 259 Å². The summed E-state index contributed by atoms with van der Waals surface area (Å²) in [5.41, 5.74) is 5.00. The molecule has 33 heteroatoms. The van der Waals surface area contributed by atoms with E-state index in [0.717, 1.165) is 53.4 Å². The molecule has 1 aliphatic carbocycles. The maximum atomic E-state index is 14.5. The number of benzene rings is 8. The number of anilines is 4. The molecule has 20 nitrogen and oxygen atoms in total. The van der Waals surface area contributed by atoms with E-state index < -0.39 is 75.3 Å². The van der Waals surface area contributed by atoms with Crippen molar-refractivity contribution in [2.75, 3.05) is 54.6 Å². The smallest absolute Gasteiger partial charge is 0.244 e.